The van der Waals surface area contributed by atoms with Crippen molar-refractivity contribution in [1.82, 2.24) is 36.8 Å². The monoisotopic (exact) mass is 849 g/mol. The Kier molecular flexibility index (Phi) is 17.5. The quantitative estimate of drug-likeness (QED) is 0.0600. The van der Waals surface area contributed by atoms with Gasteiger partial charge in [-0.25, -0.2) is 0 Å². The van der Waals surface area contributed by atoms with Crippen molar-refractivity contribution in [3.05, 3.63) is 95.0 Å². The highest BCUT2D eigenvalue weighted by Crippen LogP contribution is 2.24. The first-order valence-electron chi connectivity index (χ1n) is 19.1. The van der Waals surface area contributed by atoms with E-state index < -0.39 is 53.4 Å². The Morgan fingerprint density at radius 1 is 0.814 bits per heavy atom. The van der Waals surface area contributed by atoms with Crippen molar-refractivity contribution in [2.24, 2.45) is 11.3 Å². The highest BCUT2D eigenvalue weighted by molar-refractivity contribution is 8.01. The molecule has 0 aliphatic rings. The number of hydrogen-bond acceptors (Lipinski definition) is 13. The number of hydrogen-bond donors (Lipinski definition) is 7. The lowest BCUT2D eigenvalue weighted by atomic mass is 9.85. The Balaban J connectivity index is 1.61. The Hall–Kier alpha value is -5.23. The topological polar surface area (TPSA) is 213 Å². The minimum atomic E-state index is -1.55. The third-order valence-electron chi connectivity index (χ3n) is 9.44. The van der Waals surface area contributed by atoms with E-state index in [0.29, 0.717) is 21.4 Å². The summed E-state index contributed by atoms with van der Waals surface area (Å²) in [5, 5.41) is 45.1. The summed E-state index contributed by atoms with van der Waals surface area (Å²) in [4.78, 5) is 55.4. The molecule has 0 unspecified atom stereocenters. The molecule has 318 valence electrons. The number of aromatic nitrogens is 2. The number of amides is 4. The van der Waals surface area contributed by atoms with Gasteiger partial charge in [-0.1, -0.05) is 100 Å². The van der Waals surface area contributed by atoms with E-state index in [4.69, 9.17) is 9.47 Å². The standard InChI is InChI=1S/C42H55N7O8S2/c1-25(2)34(38(53)44-22-28-15-18-30(57-7)20-32(28)50)48-39(54)35(43-21-27-13-16-29(56-6)17-14-27)36(52)31(19-26-11-9-8-10-12-26)46-40(55)37(42(3,4)5)47-33(51)23-58-41-49-45-24-59-41/h8-18,20,24-25,31,34-37,43,50,52H,19,21-23H2,1-7H3,(H,44,53)(H,46,55)(H,47,51)(H,48,54)/t31-,34-,35+,36+,37+/m0/s1. The van der Waals surface area contributed by atoms with Crippen LogP contribution in [-0.2, 0) is 38.7 Å². The second-order valence-electron chi connectivity index (χ2n) is 15.3. The van der Waals surface area contributed by atoms with Crippen molar-refractivity contribution < 1.29 is 38.9 Å². The van der Waals surface area contributed by atoms with E-state index in [0.717, 1.165) is 11.1 Å². The SMILES string of the molecule is COc1ccc(CN[C@@H](C(=O)N[C@H](C(=O)NCc2ccc(OC)cc2O)C(C)C)[C@H](O)[C@H](Cc2ccccc2)NC(=O)[C@@H](NC(=O)CSc2nncs2)C(C)(C)C)cc1. The van der Waals surface area contributed by atoms with E-state index in [1.165, 1.54) is 36.3 Å². The highest BCUT2D eigenvalue weighted by Gasteiger charge is 2.39. The maximum Gasteiger partial charge on any atom is 0.243 e. The molecule has 15 nitrogen and oxygen atoms in total. The van der Waals surface area contributed by atoms with Gasteiger partial charge in [-0.05, 0) is 53.1 Å². The fourth-order valence-corrected chi connectivity index (χ4v) is 7.38. The van der Waals surface area contributed by atoms with E-state index in [9.17, 15) is 29.4 Å². The van der Waals surface area contributed by atoms with Gasteiger partial charge in [0.1, 0.15) is 40.9 Å². The van der Waals surface area contributed by atoms with Gasteiger partial charge in [-0.15, -0.1) is 10.2 Å². The first-order chi connectivity index (χ1) is 28.1. The van der Waals surface area contributed by atoms with E-state index in [1.54, 1.807) is 50.7 Å². The van der Waals surface area contributed by atoms with Crippen molar-refractivity contribution in [3.63, 3.8) is 0 Å². The van der Waals surface area contributed by atoms with Gasteiger partial charge in [0, 0.05) is 24.7 Å². The molecule has 7 N–H and O–H groups in total. The van der Waals surface area contributed by atoms with Crippen LogP contribution in [0.5, 0.6) is 17.2 Å². The van der Waals surface area contributed by atoms with Gasteiger partial charge in [0.2, 0.25) is 23.6 Å². The molecule has 17 heteroatoms. The molecular formula is C42H55N7O8S2. The first-order valence-corrected chi connectivity index (χ1v) is 21.0. The fourth-order valence-electron chi connectivity index (χ4n) is 6.08. The van der Waals surface area contributed by atoms with Crippen molar-refractivity contribution in [1.29, 1.82) is 0 Å². The Morgan fingerprint density at radius 3 is 2.08 bits per heavy atom. The largest absolute Gasteiger partial charge is 0.507 e. The van der Waals surface area contributed by atoms with Gasteiger partial charge in [0.25, 0.3) is 0 Å². The second-order valence-corrected chi connectivity index (χ2v) is 17.4. The maximum atomic E-state index is 14.4. The van der Waals surface area contributed by atoms with Gasteiger partial charge in [0.15, 0.2) is 4.34 Å². The van der Waals surface area contributed by atoms with Gasteiger partial charge in [-0.2, -0.15) is 0 Å². The molecule has 4 rings (SSSR count). The lowest BCUT2D eigenvalue weighted by Crippen LogP contribution is -2.64. The van der Waals surface area contributed by atoms with Crippen LogP contribution in [0.1, 0.15) is 51.3 Å². The average molecular weight is 850 g/mol. The van der Waals surface area contributed by atoms with Crippen LogP contribution in [0.25, 0.3) is 0 Å². The molecule has 0 saturated carbocycles. The molecule has 1 aromatic heterocycles. The number of rotatable bonds is 21. The van der Waals surface area contributed by atoms with E-state index in [2.05, 4.69) is 36.8 Å². The first kappa shape index (κ1) is 46.5. The predicted octanol–water partition coefficient (Wildman–Crippen LogP) is 3.59. The third kappa shape index (κ3) is 14.2. The molecule has 3 aromatic carbocycles. The number of phenols is 1. The number of aliphatic hydroxyl groups excluding tert-OH is 1. The molecule has 0 aliphatic carbocycles. The molecule has 0 radical (unpaired) electrons. The normalized spacial score (nSPS) is 14.0. The number of aliphatic hydroxyl groups is 1. The molecule has 0 spiro atoms. The number of methoxy groups -OCH3 is 2. The Morgan fingerprint density at radius 2 is 1.49 bits per heavy atom. The Bertz CT molecular complexity index is 1960. The second kappa shape index (κ2) is 22.2. The zero-order chi connectivity index (χ0) is 43.1. The van der Waals surface area contributed by atoms with Crippen LogP contribution < -0.4 is 36.1 Å². The number of nitrogens with zero attached hydrogens (tertiary/aromatic N) is 2. The average Bonchev–Trinajstić information content (AvgIpc) is 3.74. The van der Waals surface area contributed by atoms with Gasteiger partial charge >= 0.3 is 0 Å². The van der Waals surface area contributed by atoms with E-state index >= 15 is 0 Å². The van der Waals surface area contributed by atoms with Crippen molar-refractivity contribution in [2.75, 3.05) is 20.0 Å². The zero-order valence-corrected chi connectivity index (χ0v) is 36.0. The molecule has 0 aliphatic heterocycles. The summed E-state index contributed by atoms with van der Waals surface area (Å²) in [6, 6.07) is 16.6. The van der Waals surface area contributed by atoms with Crippen molar-refractivity contribution in [2.45, 2.75) is 88.7 Å². The number of ether oxygens (including phenoxy) is 2. The van der Waals surface area contributed by atoms with E-state index in [-0.39, 0.29) is 42.8 Å². The smallest absolute Gasteiger partial charge is 0.243 e. The molecule has 4 amide bonds. The molecule has 59 heavy (non-hydrogen) atoms. The van der Waals surface area contributed by atoms with Crippen LogP contribution in [0.3, 0.4) is 0 Å². The minimum Gasteiger partial charge on any atom is -0.507 e. The van der Waals surface area contributed by atoms with Gasteiger partial charge in [-0.3, -0.25) is 24.5 Å². The number of aromatic hydroxyl groups is 1. The van der Waals surface area contributed by atoms with Crippen molar-refractivity contribution >= 4 is 46.7 Å². The number of thioether (sulfide) groups is 1. The van der Waals surface area contributed by atoms with Crippen LogP contribution in [0, 0.1) is 11.3 Å². The fraction of sp³-hybridized carbons (Fsp3) is 0.429. The number of benzene rings is 3. The number of phenolic OH excluding ortho intramolecular Hbond substituents is 1. The summed E-state index contributed by atoms with van der Waals surface area (Å²) < 4.78 is 11.1. The summed E-state index contributed by atoms with van der Waals surface area (Å²) in [6.07, 6.45) is -1.42. The summed E-state index contributed by atoms with van der Waals surface area (Å²) in [6.45, 7) is 9.11. The molecule has 0 saturated heterocycles. The molecule has 0 fully saturated rings. The van der Waals surface area contributed by atoms with Crippen molar-refractivity contribution in [3.8, 4) is 17.2 Å². The summed E-state index contributed by atoms with van der Waals surface area (Å²) in [5.74, 6) is -1.48. The lowest BCUT2D eigenvalue weighted by Gasteiger charge is -2.35. The maximum absolute atomic E-state index is 14.4. The van der Waals surface area contributed by atoms with E-state index in [1.807, 2.05) is 63.2 Å². The van der Waals surface area contributed by atoms with Crippen LogP contribution in [0.2, 0.25) is 0 Å². The van der Waals surface area contributed by atoms with Crippen LogP contribution in [0.4, 0.5) is 0 Å². The number of carbonyl (C=O) groups is 4. The summed E-state index contributed by atoms with van der Waals surface area (Å²) in [5.41, 5.74) is 2.81. The van der Waals surface area contributed by atoms with Crippen LogP contribution in [0.15, 0.2) is 82.6 Å². The third-order valence-corrected chi connectivity index (χ3v) is 11.3. The summed E-state index contributed by atoms with van der Waals surface area (Å²) >= 11 is 2.50. The van der Waals surface area contributed by atoms with Crippen LogP contribution in [-0.4, -0.2) is 94.3 Å². The molecule has 0 bridgehead atoms. The molecule has 1 heterocycles. The lowest BCUT2D eigenvalue weighted by molar-refractivity contribution is -0.134. The summed E-state index contributed by atoms with van der Waals surface area (Å²) in [7, 11) is 3.04. The number of carbonyl (C=O) groups excluding carboxylic acids is 4. The highest BCUT2D eigenvalue weighted by atomic mass is 32.2. The number of nitrogens with one attached hydrogen (secondary N) is 5. The zero-order valence-electron chi connectivity index (χ0n) is 34.4. The molecule has 4 aromatic rings. The Labute approximate surface area is 353 Å². The minimum absolute atomic E-state index is 0.00843. The van der Waals surface area contributed by atoms with Crippen LogP contribution >= 0.6 is 23.1 Å². The predicted molar refractivity (Wildman–Crippen MR) is 227 cm³/mol. The van der Waals surface area contributed by atoms with Gasteiger partial charge < -0.3 is 41.0 Å². The van der Waals surface area contributed by atoms with Gasteiger partial charge in [0.05, 0.1) is 32.1 Å². The molecule has 5 atom stereocenters. The molecular weight excluding hydrogens is 795 g/mol.